The largest absolute Gasteiger partial charge is 0.361 e. The van der Waals surface area contributed by atoms with Crippen molar-refractivity contribution in [3.8, 4) is 0 Å². The minimum atomic E-state index is -0.805. The number of nitrogens with zero attached hydrogens (tertiary/aromatic N) is 2. The molecule has 0 aliphatic rings. The zero-order chi connectivity index (χ0) is 22.7. The fraction of sp³-hybridized carbons (Fsp3) is 0.250. The van der Waals surface area contributed by atoms with Crippen LogP contribution in [-0.2, 0) is 16.0 Å². The summed E-state index contributed by atoms with van der Waals surface area (Å²) in [6, 6.07) is 13.4. The number of nitrogens with one attached hydrogen (secondary N) is 3. The van der Waals surface area contributed by atoms with Crippen molar-refractivity contribution in [2.24, 2.45) is 0 Å². The molecule has 2 atom stereocenters. The Balaban J connectivity index is 1.34. The summed E-state index contributed by atoms with van der Waals surface area (Å²) < 4.78 is 1.28. The van der Waals surface area contributed by atoms with E-state index in [9.17, 15) is 14.4 Å². The Morgan fingerprint density at radius 3 is 2.56 bits per heavy atom. The predicted octanol–water partition coefficient (Wildman–Crippen LogP) is 2.30. The molecule has 2 aromatic heterocycles. The van der Waals surface area contributed by atoms with Crippen molar-refractivity contribution in [3.05, 3.63) is 77.0 Å². The van der Waals surface area contributed by atoms with Gasteiger partial charge in [0.2, 0.25) is 11.8 Å². The lowest BCUT2D eigenvalue weighted by molar-refractivity contribution is -0.130. The second-order valence-electron chi connectivity index (χ2n) is 7.78. The number of hydrogen-bond acceptors (Lipinski definition) is 4. The van der Waals surface area contributed by atoms with Crippen molar-refractivity contribution in [2.75, 3.05) is 6.54 Å². The summed E-state index contributed by atoms with van der Waals surface area (Å²) in [6.07, 6.45) is 3.98. The Morgan fingerprint density at radius 1 is 1.03 bits per heavy atom. The number of aromatic nitrogens is 3. The van der Waals surface area contributed by atoms with Crippen molar-refractivity contribution < 1.29 is 9.59 Å². The molecular weight excluding hydrogens is 406 g/mol. The minimum Gasteiger partial charge on any atom is -0.361 e. The molecule has 0 saturated heterocycles. The maximum absolute atomic E-state index is 12.7. The number of para-hydroxylation sites is 2. The molecule has 0 radical (unpaired) electrons. The summed E-state index contributed by atoms with van der Waals surface area (Å²) in [5, 5.41) is 7.11. The van der Waals surface area contributed by atoms with Gasteiger partial charge in [-0.1, -0.05) is 30.3 Å². The normalized spacial score (nSPS) is 13.1. The van der Waals surface area contributed by atoms with Crippen LogP contribution in [0.15, 0.2) is 65.8 Å². The predicted molar refractivity (Wildman–Crippen MR) is 123 cm³/mol. The summed E-state index contributed by atoms with van der Waals surface area (Å²) in [5.41, 5.74) is 2.45. The molecule has 0 saturated carbocycles. The first-order chi connectivity index (χ1) is 15.5. The minimum absolute atomic E-state index is 0.283. The van der Waals surface area contributed by atoms with Crippen LogP contribution in [0.2, 0.25) is 0 Å². The third-order valence-electron chi connectivity index (χ3n) is 5.61. The number of rotatable bonds is 7. The number of aromatic amines is 1. The van der Waals surface area contributed by atoms with Gasteiger partial charge in [-0.3, -0.25) is 19.0 Å². The number of H-pyrrole nitrogens is 1. The average Bonchev–Trinajstić information content (AvgIpc) is 3.22. The summed E-state index contributed by atoms with van der Waals surface area (Å²) in [7, 11) is 0. The van der Waals surface area contributed by atoms with Gasteiger partial charge in [0.05, 0.1) is 17.2 Å². The average molecular weight is 431 g/mol. The molecule has 164 valence electrons. The van der Waals surface area contributed by atoms with E-state index in [4.69, 9.17) is 0 Å². The van der Waals surface area contributed by atoms with Gasteiger partial charge >= 0.3 is 0 Å². The van der Waals surface area contributed by atoms with E-state index in [1.54, 1.807) is 38.1 Å². The maximum atomic E-state index is 12.7. The number of carbonyl (C=O) groups is 2. The van der Waals surface area contributed by atoms with E-state index >= 15 is 0 Å². The third kappa shape index (κ3) is 4.25. The molecule has 32 heavy (non-hydrogen) atoms. The standard InChI is InChI=1S/C24H25N5O3/c1-15(22(30)25-12-11-17-13-26-20-9-5-3-7-18(17)20)28-23(31)16(2)29-14-27-21-10-6-4-8-19(21)24(29)32/h3-10,13-16,26H,11-12H2,1-2H3,(H,25,30)(H,28,31)/t15-,16-/m1/s1. The highest BCUT2D eigenvalue weighted by atomic mass is 16.2. The molecular formula is C24H25N5O3. The molecule has 2 aromatic carbocycles. The molecule has 2 heterocycles. The zero-order valence-corrected chi connectivity index (χ0v) is 18.0. The van der Waals surface area contributed by atoms with E-state index in [-0.39, 0.29) is 11.5 Å². The van der Waals surface area contributed by atoms with Crippen LogP contribution in [0.25, 0.3) is 21.8 Å². The highest BCUT2D eigenvalue weighted by molar-refractivity contribution is 5.89. The van der Waals surface area contributed by atoms with Crippen LogP contribution in [0.4, 0.5) is 0 Å². The fourth-order valence-corrected chi connectivity index (χ4v) is 3.70. The Labute approximate surface area is 184 Å². The molecule has 4 aromatic rings. The SMILES string of the molecule is C[C@H](C(=O)N[C@H](C)C(=O)NCCc1c[nH]c2ccccc12)n1cnc2ccccc2c1=O. The van der Waals surface area contributed by atoms with Gasteiger partial charge in [0.25, 0.3) is 5.56 Å². The molecule has 0 unspecified atom stereocenters. The second kappa shape index (κ2) is 9.05. The molecule has 0 aliphatic carbocycles. The molecule has 0 bridgehead atoms. The molecule has 3 N–H and O–H groups in total. The lowest BCUT2D eigenvalue weighted by atomic mass is 10.1. The Kier molecular flexibility index (Phi) is 6.02. The van der Waals surface area contributed by atoms with E-state index in [2.05, 4.69) is 20.6 Å². The van der Waals surface area contributed by atoms with Crippen molar-refractivity contribution in [1.82, 2.24) is 25.2 Å². The van der Waals surface area contributed by atoms with Crippen LogP contribution in [-0.4, -0.2) is 38.9 Å². The van der Waals surface area contributed by atoms with Crippen molar-refractivity contribution in [1.29, 1.82) is 0 Å². The third-order valence-corrected chi connectivity index (χ3v) is 5.61. The van der Waals surface area contributed by atoms with E-state index in [1.807, 2.05) is 30.5 Å². The summed E-state index contributed by atoms with van der Waals surface area (Å²) in [4.78, 5) is 45.3. The lowest BCUT2D eigenvalue weighted by Gasteiger charge is -2.19. The van der Waals surface area contributed by atoms with Crippen molar-refractivity contribution in [3.63, 3.8) is 0 Å². The first-order valence-electron chi connectivity index (χ1n) is 10.5. The lowest BCUT2D eigenvalue weighted by Crippen LogP contribution is -2.47. The monoisotopic (exact) mass is 431 g/mol. The molecule has 0 spiro atoms. The van der Waals surface area contributed by atoms with E-state index in [0.29, 0.717) is 23.9 Å². The van der Waals surface area contributed by atoms with Gasteiger partial charge < -0.3 is 15.6 Å². The van der Waals surface area contributed by atoms with Crippen molar-refractivity contribution in [2.45, 2.75) is 32.4 Å². The van der Waals surface area contributed by atoms with Crippen LogP contribution >= 0.6 is 0 Å². The molecule has 8 heteroatoms. The number of amides is 2. The topological polar surface area (TPSA) is 109 Å². The van der Waals surface area contributed by atoms with Gasteiger partial charge in [0, 0.05) is 23.6 Å². The van der Waals surface area contributed by atoms with Crippen molar-refractivity contribution >= 4 is 33.6 Å². The summed E-state index contributed by atoms with van der Waals surface area (Å²) in [5.74, 6) is -0.710. The van der Waals surface area contributed by atoms with Gasteiger partial charge in [-0.15, -0.1) is 0 Å². The Hall–Kier alpha value is -3.94. The smallest absolute Gasteiger partial charge is 0.261 e. The molecule has 2 amide bonds. The summed E-state index contributed by atoms with van der Waals surface area (Å²) in [6.45, 7) is 3.67. The van der Waals surface area contributed by atoms with Crippen LogP contribution in [0.5, 0.6) is 0 Å². The highest BCUT2D eigenvalue weighted by Gasteiger charge is 2.22. The number of hydrogen-bond donors (Lipinski definition) is 3. The molecule has 4 rings (SSSR count). The molecule has 0 aliphatic heterocycles. The fourth-order valence-electron chi connectivity index (χ4n) is 3.70. The van der Waals surface area contributed by atoms with Crippen LogP contribution in [0.3, 0.4) is 0 Å². The Bertz CT molecular complexity index is 1340. The molecule has 8 nitrogen and oxygen atoms in total. The zero-order valence-electron chi connectivity index (χ0n) is 18.0. The first kappa shape index (κ1) is 21.3. The number of carbonyl (C=O) groups excluding carboxylic acids is 2. The second-order valence-corrected chi connectivity index (χ2v) is 7.78. The quantitative estimate of drug-likeness (QED) is 0.417. The highest BCUT2D eigenvalue weighted by Crippen LogP contribution is 2.17. The van der Waals surface area contributed by atoms with Gasteiger partial charge in [0.15, 0.2) is 0 Å². The number of benzene rings is 2. The van der Waals surface area contributed by atoms with Gasteiger partial charge in [0.1, 0.15) is 12.1 Å². The van der Waals surface area contributed by atoms with Crippen LogP contribution in [0.1, 0.15) is 25.5 Å². The van der Waals surface area contributed by atoms with Gasteiger partial charge in [-0.05, 0) is 44.0 Å². The molecule has 0 fully saturated rings. The van der Waals surface area contributed by atoms with Gasteiger partial charge in [-0.25, -0.2) is 4.98 Å². The van der Waals surface area contributed by atoms with Crippen LogP contribution < -0.4 is 16.2 Å². The van der Waals surface area contributed by atoms with Crippen LogP contribution in [0, 0.1) is 0 Å². The van der Waals surface area contributed by atoms with E-state index < -0.39 is 18.0 Å². The Morgan fingerprint density at radius 2 is 1.75 bits per heavy atom. The van der Waals surface area contributed by atoms with Gasteiger partial charge in [-0.2, -0.15) is 0 Å². The number of fused-ring (bicyclic) bond motifs is 2. The van der Waals surface area contributed by atoms with E-state index in [0.717, 1.165) is 16.5 Å². The maximum Gasteiger partial charge on any atom is 0.261 e. The first-order valence-corrected chi connectivity index (χ1v) is 10.5. The summed E-state index contributed by atoms with van der Waals surface area (Å²) >= 11 is 0. The van der Waals surface area contributed by atoms with E-state index in [1.165, 1.54) is 10.9 Å².